The molecule has 0 spiro atoms. The Morgan fingerprint density at radius 2 is 2.06 bits per heavy atom. The smallest absolute Gasteiger partial charge is 0.101 e. The van der Waals surface area contributed by atoms with Crippen molar-refractivity contribution in [3.05, 3.63) is 29.3 Å². The zero-order valence-electron chi connectivity index (χ0n) is 9.60. The van der Waals surface area contributed by atoms with Crippen LogP contribution in [0.25, 0.3) is 0 Å². The van der Waals surface area contributed by atoms with Gasteiger partial charge in [-0.2, -0.15) is 22.3 Å². The summed E-state index contributed by atoms with van der Waals surface area (Å²) in [6.45, 7) is 2.21. The molecule has 1 fully saturated rings. The van der Waals surface area contributed by atoms with E-state index in [4.69, 9.17) is 10.5 Å². The summed E-state index contributed by atoms with van der Waals surface area (Å²) in [4.78, 5) is 0. The van der Waals surface area contributed by atoms with E-state index in [2.05, 4.69) is 18.3 Å². The first-order valence-corrected chi connectivity index (χ1v) is 6.62. The fraction of sp³-hybridized carbons (Fsp3) is 0.385. The van der Waals surface area contributed by atoms with Crippen LogP contribution in [0.1, 0.15) is 24.5 Å². The zero-order valence-corrected chi connectivity index (χ0v) is 10.4. The largest absolute Gasteiger partial charge is 0.381 e. The van der Waals surface area contributed by atoms with E-state index in [1.807, 2.05) is 23.9 Å². The van der Waals surface area contributed by atoms with Crippen LogP contribution in [0.2, 0.25) is 0 Å². The number of rotatable bonds is 2. The van der Waals surface area contributed by atoms with Gasteiger partial charge in [0.05, 0.1) is 11.1 Å². The van der Waals surface area contributed by atoms with Crippen LogP contribution in [0, 0.1) is 22.7 Å². The van der Waals surface area contributed by atoms with Crippen LogP contribution in [0.15, 0.2) is 18.2 Å². The van der Waals surface area contributed by atoms with Gasteiger partial charge in [0, 0.05) is 17.0 Å². The zero-order chi connectivity index (χ0) is 12.3. The molecule has 0 bridgehead atoms. The molecule has 2 rings (SSSR count). The molecule has 1 aromatic carbocycles. The van der Waals surface area contributed by atoms with Crippen LogP contribution in [-0.2, 0) is 0 Å². The predicted octanol–water partition coefficient (Wildman–Crippen LogP) is 2.74. The van der Waals surface area contributed by atoms with Gasteiger partial charge in [-0.15, -0.1) is 0 Å². The Kier molecular flexibility index (Phi) is 3.56. The first kappa shape index (κ1) is 11.8. The molecular weight excluding hydrogens is 230 g/mol. The van der Waals surface area contributed by atoms with E-state index < -0.39 is 0 Å². The minimum Gasteiger partial charge on any atom is -0.381 e. The number of nitriles is 2. The van der Waals surface area contributed by atoms with Crippen LogP contribution in [0.5, 0.6) is 0 Å². The lowest BCUT2D eigenvalue weighted by Crippen LogP contribution is -2.24. The average Bonchev–Trinajstić information content (AvgIpc) is 2.75. The summed E-state index contributed by atoms with van der Waals surface area (Å²) >= 11 is 1.96. The molecule has 86 valence electrons. The molecule has 1 saturated heterocycles. The molecule has 4 heteroatoms. The summed E-state index contributed by atoms with van der Waals surface area (Å²) < 4.78 is 0. The third-order valence-electron chi connectivity index (χ3n) is 2.99. The lowest BCUT2D eigenvalue weighted by molar-refractivity contribution is 0.724. The van der Waals surface area contributed by atoms with Crippen molar-refractivity contribution in [3.8, 4) is 12.1 Å². The molecular formula is C13H13N3S. The monoisotopic (exact) mass is 243 g/mol. The molecule has 3 nitrogen and oxygen atoms in total. The average molecular weight is 243 g/mol. The van der Waals surface area contributed by atoms with Gasteiger partial charge in [-0.05, 0) is 30.4 Å². The van der Waals surface area contributed by atoms with Crippen molar-refractivity contribution in [1.82, 2.24) is 0 Å². The van der Waals surface area contributed by atoms with Gasteiger partial charge in [0.15, 0.2) is 0 Å². The topological polar surface area (TPSA) is 59.6 Å². The van der Waals surface area contributed by atoms with Gasteiger partial charge in [-0.3, -0.25) is 0 Å². The van der Waals surface area contributed by atoms with E-state index >= 15 is 0 Å². The Bertz CT molecular complexity index is 498. The minimum atomic E-state index is 0.437. The second-order valence-corrected chi connectivity index (χ2v) is 5.58. The summed E-state index contributed by atoms with van der Waals surface area (Å²) in [5.74, 6) is 1.18. The highest BCUT2D eigenvalue weighted by Gasteiger charge is 2.23. The fourth-order valence-electron chi connectivity index (χ4n) is 1.96. The van der Waals surface area contributed by atoms with E-state index in [9.17, 15) is 0 Å². The summed E-state index contributed by atoms with van der Waals surface area (Å²) in [6, 6.07) is 9.87. The highest BCUT2D eigenvalue weighted by atomic mass is 32.2. The maximum atomic E-state index is 8.95. The number of nitrogens with zero attached hydrogens (tertiary/aromatic N) is 2. The third-order valence-corrected chi connectivity index (χ3v) is 4.31. The summed E-state index contributed by atoms with van der Waals surface area (Å²) in [5, 5.41) is 21.8. The summed E-state index contributed by atoms with van der Waals surface area (Å²) in [5.41, 5.74) is 1.81. The Hall–Kier alpha value is -1.65. The van der Waals surface area contributed by atoms with Crippen molar-refractivity contribution in [3.63, 3.8) is 0 Å². The van der Waals surface area contributed by atoms with E-state index in [1.54, 1.807) is 12.1 Å². The second kappa shape index (κ2) is 5.12. The van der Waals surface area contributed by atoms with Crippen molar-refractivity contribution in [2.75, 3.05) is 11.1 Å². The molecule has 2 unspecified atom stereocenters. The third kappa shape index (κ3) is 2.54. The van der Waals surface area contributed by atoms with Gasteiger partial charge in [-0.25, -0.2) is 0 Å². The van der Waals surface area contributed by atoms with Gasteiger partial charge in [0.2, 0.25) is 0 Å². The molecule has 1 aromatic rings. The van der Waals surface area contributed by atoms with Crippen LogP contribution in [-0.4, -0.2) is 17.0 Å². The summed E-state index contributed by atoms with van der Waals surface area (Å²) in [7, 11) is 0. The maximum Gasteiger partial charge on any atom is 0.101 e. The van der Waals surface area contributed by atoms with Crippen molar-refractivity contribution >= 4 is 17.4 Å². The number of hydrogen-bond donors (Lipinski definition) is 1. The number of thioether (sulfide) groups is 1. The van der Waals surface area contributed by atoms with Gasteiger partial charge in [-0.1, -0.05) is 6.92 Å². The lowest BCUT2D eigenvalue weighted by atomic mass is 10.1. The molecule has 0 radical (unpaired) electrons. The Morgan fingerprint density at radius 1 is 1.29 bits per heavy atom. The lowest BCUT2D eigenvalue weighted by Gasteiger charge is -2.18. The molecule has 1 N–H and O–H groups in total. The van der Waals surface area contributed by atoms with Crippen LogP contribution >= 0.6 is 11.8 Å². The van der Waals surface area contributed by atoms with E-state index in [-0.39, 0.29) is 0 Å². The normalized spacial score (nSPS) is 22.8. The second-order valence-electron chi connectivity index (χ2n) is 4.10. The van der Waals surface area contributed by atoms with E-state index in [1.165, 1.54) is 5.75 Å². The van der Waals surface area contributed by atoms with Gasteiger partial charge < -0.3 is 5.32 Å². The molecule has 0 saturated carbocycles. The summed E-state index contributed by atoms with van der Waals surface area (Å²) in [6.07, 6.45) is 1.15. The molecule has 1 aliphatic heterocycles. The Labute approximate surface area is 105 Å². The van der Waals surface area contributed by atoms with Crippen LogP contribution in [0.3, 0.4) is 0 Å². The molecule has 2 atom stereocenters. The quantitative estimate of drug-likeness (QED) is 0.867. The maximum absolute atomic E-state index is 8.95. The van der Waals surface area contributed by atoms with Crippen molar-refractivity contribution in [2.45, 2.75) is 24.6 Å². The van der Waals surface area contributed by atoms with E-state index in [0.717, 1.165) is 12.1 Å². The Morgan fingerprint density at radius 3 is 2.65 bits per heavy atom. The molecule has 1 aliphatic rings. The van der Waals surface area contributed by atoms with Crippen molar-refractivity contribution < 1.29 is 0 Å². The fourth-order valence-corrected chi connectivity index (χ4v) is 3.16. The van der Waals surface area contributed by atoms with Gasteiger partial charge in [0.1, 0.15) is 12.1 Å². The first-order valence-electron chi connectivity index (χ1n) is 5.57. The molecule has 17 heavy (non-hydrogen) atoms. The number of hydrogen-bond acceptors (Lipinski definition) is 4. The number of anilines is 1. The highest BCUT2D eigenvalue weighted by Crippen LogP contribution is 2.29. The standard InChI is InChI=1S/C13H13N3S/c1-9-13(4-5-17-9)16-12-3-2-10(7-14)11(6-12)8-15/h2-3,6,9,13,16H,4-5H2,1H3. The van der Waals surface area contributed by atoms with Crippen LogP contribution < -0.4 is 5.32 Å². The van der Waals surface area contributed by atoms with Gasteiger partial charge >= 0.3 is 0 Å². The van der Waals surface area contributed by atoms with Crippen molar-refractivity contribution in [2.24, 2.45) is 0 Å². The Balaban J connectivity index is 2.18. The molecule has 0 aromatic heterocycles. The number of nitrogens with one attached hydrogen (secondary N) is 1. The van der Waals surface area contributed by atoms with Gasteiger partial charge in [0.25, 0.3) is 0 Å². The van der Waals surface area contributed by atoms with Crippen LogP contribution in [0.4, 0.5) is 5.69 Å². The molecule has 1 heterocycles. The molecule has 0 amide bonds. The van der Waals surface area contributed by atoms with E-state index in [0.29, 0.717) is 22.4 Å². The SMILES string of the molecule is CC1SCCC1Nc1ccc(C#N)c(C#N)c1. The number of benzene rings is 1. The first-order chi connectivity index (χ1) is 8.24. The predicted molar refractivity (Wildman–Crippen MR) is 69.8 cm³/mol. The highest BCUT2D eigenvalue weighted by molar-refractivity contribution is 8.00. The molecule has 0 aliphatic carbocycles. The van der Waals surface area contributed by atoms with Crippen molar-refractivity contribution in [1.29, 1.82) is 10.5 Å². The minimum absolute atomic E-state index is 0.437.